The van der Waals surface area contributed by atoms with Crippen molar-refractivity contribution >= 4 is 11.8 Å². The molecule has 1 saturated heterocycles. The Morgan fingerprint density at radius 3 is 2.60 bits per heavy atom. The van der Waals surface area contributed by atoms with Gasteiger partial charge in [-0.25, -0.2) is 4.39 Å². The van der Waals surface area contributed by atoms with Gasteiger partial charge < -0.3 is 14.7 Å². The summed E-state index contributed by atoms with van der Waals surface area (Å²) < 4.78 is 18.3. The molecule has 1 aliphatic rings. The van der Waals surface area contributed by atoms with Gasteiger partial charge in [0, 0.05) is 24.7 Å². The number of piperidine rings is 1. The van der Waals surface area contributed by atoms with Crippen LogP contribution in [0.15, 0.2) is 28.9 Å². The van der Waals surface area contributed by atoms with Crippen LogP contribution in [0.2, 0.25) is 0 Å². The van der Waals surface area contributed by atoms with Crippen LogP contribution in [0.5, 0.6) is 0 Å². The van der Waals surface area contributed by atoms with Crippen LogP contribution in [-0.2, 0) is 0 Å². The number of aromatic nitrogens is 1. The number of nitrogens with zero attached hydrogens (tertiary/aromatic N) is 2. The highest BCUT2D eigenvalue weighted by Crippen LogP contribution is 2.18. The predicted molar refractivity (Wildman–Crippen MR) is 88.8 cm³/mol. The SMILES string of the molecule is Cc1ccc(F)cc1C(=O)N1CCC(NC(=O)c2cnoc2C)CC1. The molecular formula is C18H20FN3O3. The summed E-state index contributed by atoms with van der Waals surface area (Å²) in [4.78, 5) is 26.5. The van der Waals surface area contributed by atoms with Gasteiger partial charge in [-0.3, -0.25) is 9.59 Å². The number of aryl methyl sites for hydroxylation is 2. The normalized spacial score (nSPS) is 15.2. The van der Waals surface area contributed by atoms with E-state index in [9.17, 15) is 14.0 Å². The topological polar surface area (TPSA) is 75.4 Å². The molecule has 0 atom stereocenters. The van der Waals surface area contributed by atoms with Crippen LogP contribution in [0.25, 0.3) is 0 Å². The summed E-state index contributed by atoms with van der Waals surface area (Å²) in [7, 11) is 0. The van der Waals surface area contributed by atoms with Crippen molar-refractivity contribution < 1.29 is 18.5 Å². The fourth-order valence-electron chi connectivity index (χ4n) is 3.00. The van der Waals surface area contributed by atoms with Crippen LogP contribution in [0.3, 0.4) is 0 Å². The average molecular weight is 345 g/mol. The smallest absolute Gasteiger partial charge is 0.256 e. The molecule has 2 aromatic rings. The maximum Gasteiger partial charge on any atom is 0.256 e. The third-order valence-electron chi connectivity index (χ3n) is 4.54. The number of likely N-dealkylation sites (tertiary alicyclic amines) is 1. The van der Waals surface area contributed by atoms with E-state index in [4.69, 9.17) is 4.52 Å². The molecule has 0 bridgehead atoms. The zero-order valence-corrected chi connectivity index (χ0v) is 14.2. The lowest BCUT2D eigenvalue weighted by Crippen LogP contribution is -2.46. The molecule has 0 radical (unpaired) electrons. The Balaban J connectivity index is 1.58. The number of hydrogen-bond donors (Lipinski definition) is 1. The first-order valence-electron chi connectivity index (χ1n) is 8.23. The van der Waals surface area contributed by atoms with Crippen molar-refractivity contribution in [2.24, 2.45) is 0 Å². The maximum atomic E-state index is 13.4. The van der Waals surface area contributed by atoms with Crippen molar-refractivity contribution in [1.29, 1.82) is 0 Å². The van der Waals surface area contributed by atoms with Crippen LogP contribution in [0, 0.1) is 19.7 Å². The van der Waals surface area contributed by atoms with Crippen LogP contribution in [0.4, 0.5) is 4.39 Å². The van der Waals surface area contributed by atoms with E-state index >= 15 is 0 Å². The van der Waals surface area contributed by atoms with Crippen LogP contribution >= 0.6 is 0 Å². The summed E-state index contributed by atoms with van der Waals surface area (Å²) >= 11 is 0. The molecule has 0 unspecified atom stereocenters. The Hall–Kier alpha value is -2.70. The minimum Gasteiger partial charge on any atom is -0.361 e. The molecule has 1 aromatic heterocycles. The van der Waals surface area contributed by atoms with Gasteiger partial charge in [-0.2, -0.15) is 0 Å². The minimum absolute atomic E-state index is 0.0144. The van der Waals surface area contributed by atoms with E-state index in [1.54, 1.807) is 24.8 Å². The number of rotatable bonds is 3. The monoisotopic (exact) mass is 345 g/mol. The van der Waals surface area contributed by atoms with Crippen LogP contribution in [0.1, 0.15) is 44.9 Å². The van der Waals surface area contributed by atoms with E-state index < -0.39 is 5.82 Å². The third kappa shape index (κ3) is 3.70. The molecular weight excluding hydrogens is 325 g/mol. The molecule has 1 N–H and O–H groups in total. The highest BCUT2D eigenvalue weighted by molar-refractivity contribution is 5.96. The number of nitrogens with one attached hydrogen (secondary N) is 1. The Bertz CT molecular complexity index is 795. The second-order valence-electron chi connectivity index (χ2n) is 6.29. The van der Waals surface area contributed by atoms with Gasteiger partial charge in [-0.05, 0) is 44.4 Å². The van der Waals surface area contributed by atoms with Crippen LogP contribution < -0.4 is 5.32 Å². The second-order valence-corrected chi connectivity index (χ2v) is 6.29. The van der Waals surface area contributed by atoms with Crippen molar-refractivity contribution in [2.75, 3.05) is 13.1 Å². The quantitative estimate of drug-likeness (QED) is 0.927. The molecule has 25 heavy (non-hydrogen) atoms. The molecule has 6 nitrogen and oxygen atoms in total. The Labute approximate surface area is 145 Å². The van der Waals surface area contributed by atoms with Gasteiger partial charge in [0.15, 0.2) is 0 Å². The van der Waals surface area contributed by atoms with Gasteiger partial charge in [-0.15, -0.1) is 0 Å². The number of amides is 2. The highest BCUT2D eigenvalue weighted by atomic mass is 19.1. The summed E-state index contributed by atoms with van der Waals surface area (Å²) in [6.07, 6.45) is 2.70. The van der Waals surface area contributed by atoms with E-state index in [1.165, 1.54) is 18.3 Å². The first-order valence-corrected chi connectivity index (χ1v) is 8.23. The van der Waals surface area contributed by atoms with Gasteiger partial charge in [0.1, 0.15) is 17.1 Å². The molecule has 1 aromatic carbocycles. The van der Waals surface area contributed by atoms with E-state index in [2.05, 4.69) is 10.5 Å². The largest absolute Gasteiger partial charge is 0.361 e. The fourth-order valence-corrected chi connectivity index (χ4v) is 3.00. The molecule has 2 amide bonds. The van der Waals surface area contributed by atoms with Crippen molar-refractivity contribution in [3.05, 3.63) is 52.7 Å². The molecule has 1 fully saturated rings. The minimum atomic E-state index is -0.416. The summed E-state index contributed by atoms with van der Waals surface area (Å²) in [5, 5.41) is 6.55. The summed E-state index contributed by atoms with van der Waals surface area (Å²) in [5.74, 6) is -0.326. The Morgan fingerprint density at radius 2 is 1.96 bits per heavy atom. The molecule has 0 spiro atoms. The average Bonchev–Trinajstić information content (AvgIpc) is 3.03. The maximum absolute atomic E-state index is 13.4. The molecule has 3 rings (SSSR count). The lowest BCUT2D eigenvalue weighted by atomic mass is 10.0. The Morgan fingerprint density at radius 1 is 1.24 bits per heavy atom. The lowest BCUT2D eigenvalue weighted by molar-refractivity contribution is 0.0697. The highest BCUT2D eigenvalue weighted by Gasteiger charge is 2.26. The van der Waals surface area contributed by atoms with Gasteiger partial charge >= 0.3 is 0 Å². The standard InChI is InChI=1S/C18H20FN3O3/c1-11-3-4-13(19)9-15(11)18(24)22-7-5-14(6-8-22)21-17(23)16-10-20-25-12(16)2/h3-4,9-10,14H,5-8H2,1-2H3,(H,21,23). The molecule has 132 valence electrons. The van der Waals surface area contributed by atoms with Gasteiger partial charge in [-0.1, -0.05) is 11.2 Å². The Kier molecular flexibility index (Phi) is 4.83. The van der Waals surface area contributed by atoms with E-state index in [1.807, 2.05) is 0 Å². The van der Waals surface area contributed by atoms with Gasteiger partial charge in [0.05, 0.1) is 6.20 Å². The van der Waals surface area contributed by atoms with Crippen molar-refractivity contribution in [3.63, 3.8) is 0 Å². The third-order valence-corrected chi connectivity index (χ3v) is 4.54. The number of carbonyl (C=O) groups excluding carboxylic acids is 2. The summed E-state index contributed by atoms with van der Waals surface area (Å²) in [6.45, 7) is 4.51. The number of carbonyl (C=O) groups is 2. The lowest BCUT2D eigenvalue weighted by Gasteiger charge is -2.32. The fraction of sp³-hybridized carbons (Fsp3) is 0.389. The number of halogens is 1. The molecule has 7 heteroatoms. The van der Waals surface area contributed by atoms with Crippen molar-refractivity contribution in [2.45, 2.75) is 32.7 Å². The van der Waals surface area contributed by atoms with E-state index in [0.29, 0.717) is 42.8 Å². The zero-order chi connectivity index (χ0) is 18.0. The molecule has 0 aliphatic carbocycles. The molecule has 2 heterocycles. The second kappa shape index (κ2) is 7.04. The first kappa shape index (κ1) is 17.1. The van der Waals surface area contributed by atoms with E-state index in [-0.39, 0.29) is 17.9 Å². The number of benzene rings is 1. The zero-order valence-electron chi connectivity index (χ0n) is 14.2. The molecule has 0 saturated carbocycles. The summed E-state index contributed by atoms with van der Waals surface area (Å²) in [5.41, 5.74) is 1.57. The summed E-state index contributed by atoms with van der Waals surface area (Å²) in [6, 6.07) is 4.22. The predicted octanol–water partition coefficient (Wildman–Crippen LogP) is 2.47. The van der Waals surface area contributed by atoms with Gasteiger partial charge in [0.25, 0.3) is 11.8 Å². The van der Waals surface area contributed by atoms with Crippen LogP contribution in [-0.4, -0.2) is 41.0 Å². The first-order chi connectivity index (χ1) is 12.0. The van der Waals surface area contributed by atoms with E-state index in [0.717, 1.165) is 5.56 Å². The van der Waals surface area contributed by atoms with Crippen molar-refractivity contribution in [1.82, 2.24) is 15.4 Å². The van der Waals surface area contributed by atoms with Gasteiger partial charge in [0.2, 0.25) is 0 Å². The number of hydrogen-bond acceptors (Lipinski definition) is 4. The van der Waals surface area contributed by atoms with Crippen molar-refractivity contribution in [3.8, 4) is 0 Å². The molecule has 1 aliphatic heterocycles.